The molecule has 0 amide bonds. The van der Waals surface area contributed by atoms with E-state index in [2.05, 4.69) is 0 Å². The van der Waals surface area contributed by atoms with Crippen LogP contribution in [0.2, 0.25) is 0 Å². The average Bonchev–Trinajstić information content (AvgIpc) is 2.64. The number of hydrogen-bond acceptors (Lipinski definition) is 5. The van der Waals surface area contributed by atoms with E-state index in [9.17, 15) is 0 Å². The minimum absolute atomic E-state index is 0.0816. The number of nitrogens with two attached hydrogens (primary N) is 1. The SMILES string of the molecule is COCOCC1=C[C@@H](N)[C@H]2OC(C)(C)O[C@@H]12. The number of methoxy groups -OCH3 is 1. The van der Waals surface area contributed by atoms with Crippen LogP contribution in [-0.4, -0.2) is 44.5 Å². The monoisotopic (exact) mass is 229 g/mol. The minimum atomic E-state index is -0.562. The van der Waals surface area contributed by atoms with Crippen LogP contribution < -0.4 is 5.73 Å². The van der Waals surface area contributed by atoms with Crippen molar-refractivity contribution in [2.24, 2.45) is 5.73 Å². The van der Waals surface area contributed by atoms with Crippen molar-refractivity contribution in [1.82, 2.24) is 0 Å². The number of rotatable bonds is 4. The molecule has 2 rings (SSSR count). The zero-order valence-corrected chi connectivity index (χ0v) is 9.93. The summed E-state index contributed by atoms with van der Waals surface area (Å²) >= 11 is 0. The van der Waals surface area contributed by atoms with Gasteiger partial charge in [0, 0.05) is 7.11 Å². The summed E-state index contributed by atoms with van der Waals surface area (Å²) in [5, 5.41) is 0. The Morgan fingerprint density at radius 3 is 2.88 bits per heavy atom. The second-order valence-electron chi connectivity index (χ2n) is 4.59. The highest BCUT2D eigenvalue weighted by Gasteiger charge is 2.48. The Labute approximate surface area is 95.5 Å². The maximum Gasteiger partial charge on any atom is 0.164 e. The van der Waals surface area contributed by atoms with E-state index < -0.39 is 5.79 Å². The van der Waals surface area contributed by atoms with Crippen molar-refractivity contribution in [3.63, 3.8) is 0 Å². The van der Waals surface area contributed by atoms with Crippen molar-refractivity contribution in [2.45, 2.75) is 37.9 Å². The molecule has 1 saturated heterocycles. The fraction of sp³-hybridized carbons (Fsp3) is 0.818. The van der Waals surface area contributed by atoms with E-state index >= 15 is 0 Å². The molecule has 1 aliphatic carbocycles. The summed E-state index contributed by atoms with van der Waals surface area (Å²) in [7, 11) is 1.59. The van der Waals surface area contributed by atoms with Crippen LogP contribution in [0, 0.1) is 0 Å². The van der Waals surface area contributed by atoms with Gasteiger partial charge in [0.1, 0.15) is 19.0 Å². The summed E-state index contributed by atoms with van der Waals surface area (Å²) in [5.41, 5.74) is 7.01. The zero-order valence-electron chi connectivity index (χ0n) is 9.93. The van der Waals surface area contributed by atoms with Gasteiger partial charge in [-0.1, -0.05) is 6.08 Å². The molecule has 0 aromatic carbocycles. The summed E-state index contributed by atoms with van der Waals surface area (Å²) in [6, 6.07) is -0.118. The molecule has 16 heavy (non-hydrogen) atoms. The Morgan fingerprint density at radius 1 is 1.44 bits per heavy atom. The molecule has 1 heterocycles. The highest BCUT2D eigenvalue weighted by atomic mass is 16.8. The van der Waals surface area contributed by atoms with Gasteiger partial charge in [0.25, 0.3) is 0 Å². The van der Waals surface area contributed by atoms with E-state index in [4.69, 9.17) is 24.7 Å². The van der Waals surface area contributed by atoms with E-state index in [0.29, 0.717) is 6.61 Å². The number of ether oxygens (including phenoxy) is 4. The third kappa shape index (κ3) is 2.28. The van der Waals surface area contributed by atoms with E-state index in [1.165, 1.54) is 0 Å². The largest absolute Gasteiger partial charge is 0.359 e. The Kier molecular flexibility index (Phi) is 3.32. The first-order valence-electron chi connectivity index (χ1n) is 5.42. The van der Waals surface area contributed by atoms with Crippen LogP contribution in [0.3, 0.4) is 0 Å². The molecule has 0 saturated carbocycles. The van der Waals surface area contributed by atoms with E-state index in [-0.39, 0.29) is 25.0 Å². The summed E-state index contributed by atoms with van der Waals surface area (Å²) in [6.45, 7) is 4.54. The van der Waals surface area contributed by atoms with Crippen LogP contribution in [0.4, 0.5) is 0 Å². The van der Waals surface area contributed by atoms with Crippen LogP contribution in [0.5, 0.6) is 0 Å². The molecule has 3 atom stereocenters. The first kappa shape index (κ1) is 12.0. The third-order valence-corrected chi connectivity index (χ3v) is 2.75. The van der Waals surface area contributed by atoms with Gasteiger partial charge in [-0.3, -0.25) is 0 Å². The molecule has 1 aliphatic heterocycles. The van der Waals surface area contributed by atoms with Gasteiger partial charge >= 0.3 is 0 Å². The maximum atomic E-state index is 5.97. The fourth-order valence-electron chi connectivity index (χ4n) is 2.17. The Hall–Kier alpha value is -0.460. The first-order chi connectivity index (χ1) is 7.53. The van der Waals surface area contributed by atoms with E-state index in [1.807, 2.05) is 19.9 Å². The molecule has 2 N–H and O–H groups in total. The Balaban J connectivity index is 1.97. The van der Waals surface area contributed by atoms with E-state index in [1.54, 1.807) is 7.11 Å². The lowest BCUT2D eigenvalue weighted by atomic mass is 10.1. The molecule has 92 valence electrons. The number of hydrogen-bond donors (Lipinski definition) is 1. The smallest absolute Gasteiger partial charge is 0.164 e. The van der Waals surface area contributed by atoms with Crippen molar-refractivity contribution < 1.29 is 18.9 Å². The van der Waals surface area contributed by atoms with Crippen molar-refractivity contribution in [3.05, 3.63) is 11.6 Å². The minimum Gasteiger partial charge on any atom is -0.359 e. The van der Waals surface area contributed by atoms with Gasteiger partial charge < -0.3 is 24.7 Å². The second kappa shape index (κ2) is 4.43. The normalized spacial score (nSPS) is 36.2. The van der Waals surface area contributed by atoms with Gasteiger partial charge in [-0.2, -0.15) is 0 Å². The molecule has 0 spiro atoms. The lowest BCUT2D eigenvalue weighted by molar-refractivity contribution is -0.146. The third-order valence-electron chi connectivity index (χ3n) is 2.75. The van der Waals surface area contributed by atoms with Gasteiger partial charge in [-0.15, -0.1) is 0 Å². The van der Waals surface area contributed by atoms with Gasteiger partial charge in [0.15, 0.2) is 5.79 Å². The Bertz CT molecular complexity index is 290. The van der Waals surface area contributed by atoms with Crippen molar-refractivity contribution >= 4 is 0 Å². The van der Waals surface area contributed by atoms with Crippen molar-refractivity contribution in [1.29, 1.82) is 0 Å². The highest BCUT2D eigenvalue weighted by molar-refractivity contribution is 5.26. The predicted molar refractivity (Wildman–Crippen MR) is 57.7 cm³/mol. The maximum absolute atomic E-state index is 5.97. The lowest BCUT2D eigenvalue weighted by Gasteiger charge is -2.19. The average molecular weight is 229 g/mol. The van der Waals surface area contributed by atoms with Crippen molar-refractivity contribution in [2.75, 3.05) is 20.5 Å². The molecule has 0 aromatic heterocycles. The molecule has 0 unspecified atom stereocenters. The molecule has 5 nitrogen and oxygen atoms in total. The molecule has 1 fully saturated rings. The Morgan fingerprint density at radius 2 is 2.19 bits per heavy atom. The topological polar surface area (TPSA) is 62.9 Å². The van der Waals surface area contributed by atoms with Gasteiger partial charge in [0.2, 0.25) is 0 Å². The van der Waals surface area contributed by atoms with Gasteiger partial charge in [-0.05, 0) is 19.4 Å². The quantitative estimate of drug-likeness (QED) is 0.429. The zero-order chi connectivity index (χ0) is 11.8. The predicted octanol–water partition coefficient (Wildman–Crippen LogP) is 0.394. The molecule has 5 heteroatoms. The highest BCUT2D eigenvalue weighted by Crippen LogP contribution is 2.37. The van der Waals surface area contributed by atoms with Crippen LogP contribution in [0.15, 0.2) is 11.6 Å². The molecule has 0 radical (unpaired) electrons. The summed E-state index contributed by atoms with van der Waals surface area (Å²) in [6.07, 6.45) is 1.79. The van der Waals surface area contributed by atoms with Crippen molar-refractivity contribution in [3.8, 4) is 0 Å². The molecule has 0 aromatic rings. The summed E-state index contributed by atoms with van der Waals surface area (Å²) in [4.78, 5) is 0. The first-order valence-corrected chi connectivity index (χ1v) is 5.42. The molecular formula is C11H19NO4. The molecular weight excluding hydrogens is 210 g/mol. The summed E-state index contributed by atoms with van der Waals surface area (Å²) in [5.74, 6) is -0.562. The standard InChI is InChI=1S/C11H19NO4/c1-11(2)15-9-7(5-14-6-13-3)4-8(12)10(9)16-11/h4,8-10H,5-6,12H2,1-3H3/t8-,9+,10-/m1/s1. The summed E-state index contributed by atoms with van der Waals surface area (Å²) < 4.78 is 21.7. The molecule has 0 bridgehead atoms. The van der Waals surface area contributed by atoms with Gasteiger partial charge in [0.05, 0.1) is 12.6 Å². The van der Waals surface area contributed by atoms with Gasteiger partial charge in [-0.25, -0.2) is 0 Å². The van der Waals surface area contributed by atoms with Crippen LogP contribution in [-0.2, 0) is 18.9 Å². The second-order valence-corrected chi connectivity index (χ2v) is 4.59. The van der Waals surface area contributed by atoms with Crippen LogP contribution in [0.1, 0.15) is 13.8 Å². The lowest BCUT2D eigenvalue weighted by Crippen LogP contribution is -2.35. The fourth-order valence-corrected chi connectivity index (χ4v) is 2.17. The molecule has 2 aliphatic rings. The van der Waals surface area contributed by atoms with Crippen LogP contribution >= 0.6 is 0 Å². The van der Waals surface area contributed by atoms with Crippen LogP contribution in [0.25, 0.3) is 0 Å². The number of fused-ring (bicyclic) bond motifs is 1. The van der Waals surface area contributed by atoms with E-state index in [0.717, 1.165) is 5.57 Å².